The van der Waals surface area contributed by atoms with Crippen LogP contribution in [0.15, 0.2) is 95.5 Å². The molecule has 3 heterocycles. The standard InChI is InChI=1S/C36H33N2OSi.Ir/c1-23(2)20-24-21-29(37-22-34(24)40(3,4)5)27-18-19-32(35-28-14-8-11-17-33(28)39-36(27)35)38-30-15-9-6-12-25(30)26-13-7-10-16-31(26)38;/h6-17,19,21-23H,20H2,1-5H3;/q-1;. The zero-order valence-electron chi connectivity index (χ0n) is 24.1. The van der Waals surface area contributed by atoms with E-state index in [1.807, 2.05) is 6.07 Å². The Morgan fingerprint density at radius 2 is 1.46 bits per heavy atom. The quantitative estimate of drug-likeness (QED) is 0.131. The van der Waals surface area contributed by atoms with Gasteiger partial charge in [-0.3, -0.25) is 0 Å². The SMILES string of the molecule is CC(C)Cc1cc(-c2[c-]cc(-n3c4ccccc4c4ccccc43)c3c2oc2ccccc23)ncc1[Si](C)(C)C.[Ir]. The Morgan fingerprint density at radius 1 is 0.854 bits per heavy atom. The second kappa shape index (κ2) is 10.4. The number of hydrogen-bond donors (Lipinski definition) is 0. The van der Waals surface area contributed by atoms with Crippen molar-refractivity contribution in [3.8, 4) is 16.9 Å². The molecule has 207 valence electrons. The predicted molar refractivity (Wildman–Crippen MR) is 172 cm³/mol. The van der Waals surface area contributed by atoms with E-state index >= 15 is 0 Å². The topological polar surface area (TPSA) is 31.0 Å². The first kappa shape index (κ1) is 27.7. The molecule has 0 unspecified atom stereocenters. The maximum absolute atomic E-state index is 6.64. The molecule has 7 aromatic rings. The van der Waals surface area contributed by atoms with Crippen LogP contribution in [0.4, 0.5) is 0 Å². The zero-order valence-corrected chi connectivity index (χ0v) is 27.5. The van der Waals surface area contributed by atoms with Crippen molar-refractivity contribution >= 4 is 57.0 Å². The van der Waals surface area contributed by atoms with Gasteiger partial charge in [0.15, 0.2) is 0 Å². The molecule has 41 heavy (non-hydrogen) atoms. The van der Waals surface area contributed by atoms with Crippen LogP contribution in [0.1, 0.15) is 19.4 Å². The fraction of sp³-hybridized carbons (Fsp3) is 0.194. The predicted octanol–water partition coefficient (Wildman–Crippen LogP) is 9.29. The van der Waals surface area contributed by atoms with Crippen LogP contribution in [0.5, 0.6) is 0 Å². The fourth-order valence-corrected chi connectivity index (χ4v) is 7.81. The van der Waals surface area contributed by atoms with E-state index in [0.717, 1.165) is 45.3 Å². The molecule has 1 radical (unpaired) electrons. The van der Waals surface area contributed by atoms with Gasteiger partial charge in [0.25, 0.3) is 0 Å². The van der Waals surface area contributed by atoms with E-state index < -0.39 is 8.07 Å². The number of aromatic nitrogens is 2. The van der Waals surface area contributed by atoms with Crippen molar-refractivity contribution in [1.82, 2.24) is 9.55 Å². The van der Waals surface area contributed by atoms with Crippen molar-refractivity contribution in [3.05, 3.63) is 103 Å². The third-order valence-electron chi connectivity index (χ3n) is 7.93. The first-order chi connectivity index (χ1) is 19.3. The number of pyridine rings is 1. The van der Waals surface area contributed by atoms with Gasteiger partial charge < -0.3 is 14.0 Å². The molecule has 0 fully saturated rings. The van der Waals surface area contributed by atoms with Gasteiger partial charge in [-0.2, -0.15) is 0 Å². The number of furan rings is 1. The van der Waals surface area contributed by atoms with Gasteiger partial charge in [-0.1, -0.05) is 105 Å². The average Bonchev–Trinajstić information content (AvgIpc) is 3.48. The summed E-state index contributed by atoms with van der Waals surface area (Å²) >= 11 is 0. The van der Waals surface area contributed by atoms with Crippen molar-refractivity contribution in [2.75, 3.05) is 0 Å². The van der Waals surface area contributed by atoms with Crippen molar-refractivity contribution in [2.24, 2.45) is 5.92 Å². The van der Waals surface area contributed by atoms with E-state index in [-0.39, 0.29) is 20.1 Å². The summed E-state index contributed by atoms with van der Waals surface area (Å²) in [7, 11) is -1.55. The molecule has 0 aliphatic carbocycles. The van der Waals surface area contributed by atoms with Gasteiger partial charge in [-0.25, -0.2) is 0 Å². The van der Waals surface area contributed by atoms with Crippen molar-refractivity contribution in [1.29, 1.82) is 0 Å². The van der Waals surface area contributed by atoms with Gasteiger partial charge in [0.2, 0.25) is 0 Å². The van der Waals surface area contributed by atoms with Crippen LogP contribution >= 0.6 is 0 Å². The van der Waals surface area contributed by atoms with Gasteiger partial charge >= 0.3 is 0 Å². The second-order valence-corrected chi connectivity index (χ2v) is 17.3. The molecule has 0 saturated carbocycles. The third-order valence-corrected chi connectivity index (χ3v) is 10.0. The summed E-state index contributed by atoms with van der Waals surface area (Å²) in [6, 6.07) is 33.7. The van der Waals surface area contributed by atoms with E-state index in [2.05, 4.69) is 129 Å². The van der Waals surface area contributed by atoms with Crippen molar-refractivity contribution in [2.45, 2.75) is 39.9 Å². The Labute approximate surface area is 255 Å². The van der Waals surface area contributed by atoms with E-state index in [1.165, 1.54) is 32.6 Å². The van der Waals surface area contributed by atoms with Crippen LogP contribution in [0.2, 0.25) is 19.6 Å². The Morgan fingerprint density at radius 3 is 2.10 bits per heavy atom. The van der Waals surface area contributed by atoms with Crippen LogP contribution in [-0.2, 0) is 26.5 Å². The molecule has 0 N–H and O–H groups in total. The van der Waals surface area contributed by atoms with Crippen molar-refractivity contribution < 1.29 is 24.5 Å². The molecule has 0 atom stereocenters. The number of benzene rings is 4. The van der Waals surface area contributed by atoms with Crippen molar-refractivity contribution in [3.63, 3.8) is 0 Å². The van der Waals surface area contributed by atoms with Gasteiger partial charge in [-0.05, 0) is 52.5 Å². The minimum Gasteiger partial charge on any atom is -0.501 e. The monoisotopic (exact) mass is 730 g/mol. The first-order valence-corrected chi connectivity index (χ1v) is 17.7. The Kier molecular flexibility index (Phi) is 7.01. The molecule has 0 aliphatic heterocycles. The number of hydrogen-bond acceptors (Lipinski definition) is 2. The van der Waals surface area contributed by atoms with Crippen LogP contribution in [0, 0.1) is 12.0 Å². The molecule has 3 aromatic heterocycles. The third kappa shape index (κ3) is 4.57. The van der Waals surface area contributed by atoms with Crippen LogP contribution in [-0.4, -0.2) is 17.6 Å². The molecule has 0 bridgehead atoms. The first-order valence-electron chi connectivity index (χ1n) is 14.2. The van der Waals surface area contributed by atoms with Gasteiger partial charge in [0, 0.05) is 53.5 Å². The van der Waals surface area contributed by atoms with Crippen LogP contribution in [0.25, 0.3) is 60.7 Å². The zero-order chi connectivity index (χ0) is 27.6. The largest absolute Gasteiger partial charge is 0.501 e. The molecular formula is C36H33IrN2OSi-. The number of nitrogens with zero attached hydrogens (tertiary/aromatic N) is 2. The molecular weight excluding hydrogens is 697 g/mol. The van der Waals surface area contributed by atoms with E-state index in [4.69, 9.17) is 9.40 Å². The minimum absolute atomic E-state index is 0. The maximum Gasteiger partial charge on any atom is 0.121 e. The molecule has 4 aromatic carbocycles. The van der Waals surface area contributed by atoms with Gasteiger partial charge in [0.1, 0.15) is 5.58 Å². The fourth-order valence-electron chi connectivity index (χ4n) is 6.22. The van der Waals surface area contributed by atoms with Crippen LogP contribution in [0.3, 0.4) is 0 Å². The molecule has 0 amide bonds. The number of para-hydroxylation sites is 3. The normalized spacial score (nSPS) is 12.1. The second-order valence-electron chi connectivity index (χ2n) is 12.3. The average molecular weight is 730 g/mol. The smallest absolute Gasteiger partial charge is 0.121 e. The molecule has 5 heteroatoms. The molecule has 7 rings (SSSR count). The molecule has 0 aliphatic rings. The van der Waals surface area contributed by atoms with E-state index in [9.17, 15) is 0 Å². The Balaban J connectivity index is 0.00000302. The van der Waals surface area contributed by atoms with Gasteiger partial charge in [0.05, 0.1) is 13.7 Å². The summed E-state index contributed by atoms with van der Waals surface area (Å²) in [6.07, 6.45) is 3.17. The maximum atomic E-state index is 6.64. The Bertz CT molecular complexity index is 2010. The molecule has 0 saturated heterocycles. The van der Waals surface area contributed by atoms with Gasteiger partial charge in [-0.15, -0.1) is 12.1 Å². The van der Waals surface area contributed by atoms with E-state index in [0.29, 0.717) is 5.92 Å². The number of fused-ring (bicyclic) bond motifs is 6. The molecule has 0 spiro atoms. The molecule has 3 nitrogen and oxygen atoms in total. The van der Waals surface area contributed by atoms with Crippen LogP contribution < -0.4 is 5.19 Å². The summed E-state index contributed by atoms with van der Waals surface area (Å²) in [5.74, 6) is 0.568. The number of rotatable bonds is 5. The summed E-state index contributed by atoms with van der Waals surface area (Å²) in [5.41, 5.74) is 8.39. The summed E-state index contributed by atoms with van der Waals surface area (Å²) in [5, 5.41) is 6.12. The van der Waals surface area contributed by atoms with E-state index in [1.54, 1.807) is 0 Å². The summed E-state index contributed by atoms with van der Waals surface area (Å²) in [4.78, 5) is 5.03. The summed E-state index contributed by atoms with van der Waals surface area (Å²) < 4.78 is 9.01. The summed E-state index contributed by atoms with van der Waals surface area (Å²) in [6.45, 7) is 11.8. The minimum atomic E-state index is -1.55. The Hall–Kier alpha value is -3.50.